The molecule has 3 aromatic rings. The lowest BCUT2D eigenvalue weighted by Gasteiger charge is -2.41. The lowest BCUT2D eigenvalue weighted by molar-refractivity contribution is -0.124. The average Bonchev–Trinajstić information content (AvgIpc) is 3.60. The highest BCUT2D eigenvalue weighted by Crippen LogP contribution is 2.37. The minimum absolute atomic E-state index is 0.257. The number of aromatic nitrogens is 4. The first-order valence-electron chi connectivity index (χ1n) is 12.6. The van der Waals surface area contributed by atoms with Gasteiger partial charge in [0.25, 0.3) is 0 Å². The predicted octanol–water partition coefficient (Wildman–Crippen LogP) is 3.14. The van der Waals surface area contributed by atoms with Gasteiger partial charge in [0.15, 0.2) is 17.2 Å². The molecule has 0 amide bonds. The van der Waals surface area contributed by atoms with Crippen molar-refractivity contribution in [3.63, 3.8) is 0 Å². The summed E-state index contributed by atoms with van der Waals surface area (Å²) in [7, 11) is 0. The maximum absolute atomic E-state index is 9.72. The molecule has 2 aromatic heterocycles. The summed E-state index contributed by atoms with van der Waals surface area (Å²) in [5, 5.41) is 30.7. The van der Waals surface area contributed by atoms with E-state index in [1.165, 1.54) is 10.7 Å². The maximum Gasteiger partial charge on any atom is 0.247 e. The Morgan fingerprint density at radius 1 is 1.16 bits per heavy atom. The first-order valence-corrected chi connectivity index (χ1v) is 12.9. The molecule has 1 aliphatic carbocycles. The summed E-state index contributed by atoms with van der Waals surface area (Å²) in [6, 6.07) is 8.21. The van der Waals surface area contributed by atoms with Crippen molar-refractivity contribution in [3.8, 4) is 12.1 Å². The lowest BCUT2D eigenvalue weighted by atomic mass is 10.1. The van der Waals surface area contributed by atoms with Crippen molar-refractivity contribution in [2.24, 2.45) is 0 Å². The van der Waals surface area contributed by atoms with Crippen LogP contribution >= 0.6 is 11.6 Å². The number of nitrogens with one attached hydrogen (secondary N) is 2. The van der Waals surface area contributed by atoms with E-state index in [2.05, 4.69) is 54.6 Å². The van der Waals surface area contributed by atoms with E-state index in [1.807, 2.05) is 6.07 Å². The Hall–Kier alpha value is -3.64. The number of hydrogen-bond donors (Lipinski definition) is 2. The number of ether oxygens (including phenoxy) is 1. The van der Waals surface area contributed by atoms with Crippen LogP contribution in [0.15, 0.2) is 18.3 Å². The van der Waals surface area contributed by atoms with E-state index in [0.29, 0.717) is 51.7 Å². The van der Waals surface area contributed by atoms with Crippen molar-refractivity contribution >= 4 is 40.4 Å². The molecule has 3 fully saturated rings. The molecule has 2 atom stereocenters. The molecule has 1 aromatic carbocycles. The Labute approximate surface area is 219 Å². The van der Waals surface area contributed by atoms with Gasteiger partial charge in [-0.15, -0.1) is 5.10 Å². The number of anilines is 4. The molecule has 2 aliphatic heterocycles. The standard InChI is InChI=1S/C25H27ClN10O/c1-15-8-19(37-15)14-34-4-6-35(7-5-34)21-10-16(11-27)9-20(22(21)26)31-25-32-23(30-17-2-3-17)24-29-13-18(12-28)36(24)33-25/h9-10,13,15,17,19H,2-8,14H2,1H3,(H2,30,31,32,33)/t15-,19?/m0/s1. The molecule has 1 saturated carbocycles. The SMILES string of the molecule is C[C@H]1CC(CN2CCN(c3cc(C#N)cc(Nc4nc(NC5CC5)c5ncc(C#N)n5n4)c3Cl)CC2)O1. The molecule has 3 aliphatic rings. The van der Waals surface area contributed by atoms with E-state index in [0.717, 1.165) is 57.7 Å². The minimum Gasteiger partial charge on any atom is -0.374 e. The van der Waals surface area contributed by atoms with Gasteiger partial charge in [-0.2, -0.15) is 20.0 Å². The lowest BCUT2D eigenvalue weighted by Crippen LogP contribution is -2.51. The fraction of sp³-hybridized carbons (Fsp3) is 0.480. The Morgan fingerprint density at radius 2 is 1.95 bits per heavy atom. The first-order chi connectivity index (χ1) is 18.0. The number of benzene rings is 1. The van der Waals surface area contributed by atoms with Crippen molar-refractivity contribution in [2.75, 3.05) is 48.3 Å². The third-order valence-corrected chi connectivity index (χ3v) is 7.42. The topological polar surface area (TPSA) is 130 Å². The van der Waals surface area contributed by atoms with Crippen molar-refractivity contribution in [2.45, 2.75) is 44.4 Å². The molecule has 6 rings (SSSR count). The maximum atomic E-state index is 9.72. The van der Waals surface area contributed by atoms with Crippen LogP contribution in [0.5, 0.6) is 0 Å². The number of rotatable bonds is 7. The zero-order valence-corrected chi connectivity index (χ0v) is 21.2. The molecule has 0 radical (unpaired) electrons. The van der Waals surface area contributed by atoms with Gasteiger partial charge in [-0.05, 0) is 31.9 Å². The summed E-state index contributed by atoms with van der Waals surface area (Å²) in [5.41, 5.74) is 2.61. The summed E-state index contributed by atoms with van der Waals surface area (Å²) >= 11 is 6.89. The van der Waals surface area contributed by atoms with E-state index in [-0.39, 0.29) is 5.95 Å². The number of imidazole rings is 1. The Morgan fingerprint density at radius 3 is 2.62 bits per heavy atom. The quantitative estimate of drug-likeness (QED) is 0.481. The van der Waals surface area contributed by atoms with Crippen LogP contribution < -0.4 is 15.5 Å². The molecule has 37 heavy (non-hydrogen) atoms. The molecule has 12 heteroatoms. The normalized spacial score (nSPS) is 21.8. The van der Waals surface area contributed by atoms with E-state index in [9.17, 15) is 10.5 Å². The molecular weight excluding hydrogens is 492 g/mol. The predicted molar refractivity (Wildman–Crippen MR) is 139 cm³/mol. The van der Waals surface area contributed by atoms with Gasteiger partial charge in [-0.3, -0.25) is 4.90 Å². The second kappa shape index (κ2) is 9.67. The van der Waals surface area contributed by atoms with Crippen LogP contribution in [0.3, 0.4) is 0 Å². The molecule has 0 bridgehead atoms. The molecule has 2 N–H and O–H groups in total. The summed E-state index contributed by atoms with van der Waals surface area (Å²) in [5.74, 6) is 0.808. The number of nitrogens with zero attached hydrogens (tertiary/aromatic N) is 8. The van der Waals surface area contributed by atoms with Crippen LogP contribution in [0.2, 0.25) is 5.02 Å². The Kier molecular flexibility index (Phi) is 6.21. The molecule has 11 nitrogen and oxygen atoms in total. The fourth-order valence-electron chi connectivity index (χ4n) is 4.91. The smallest absolute Gasteiger partial charge is 0.247 e. The Bertz CT molecular complexity index is 1410. The molecule has 0 spiro atoms. The number of halogens is 1. The molecule has 1 unspecified atom stereocenters. The van der Waals surface area contributed by atoms with Gasteiger partial charge < -0.3 is 20.3 Å². The first kappa shape index (κ1) is 23.7. The average molecular weight is 519 g/mol. The van der Waals surface area contributed by atoms with Crippen molar-refractivity contribution in [1.82, 2.24) is 24.5 Å². The van der Waals surface area contributed by atoms with E-state index < -0.39 is 0 Å². The highest BCUT2D eigenvalue weighted by molar-refractivity contribution is 6.36. The van der Waals surface area contributed by atoms with Crippen LogP contribution in [-0.4, -0.2) is 75.5 Å². The summed E-state index contributed by atoms with van der Waals surface area (Å²) < 4.78 is 7.25. The number of nitriles is 2. The van der Waals surface area contributed by atoms with Crippen molar-refractivity contribution in [3.05, 3.63) is 34.6 Å². The van der Waals surface area contributed by atoms with Gasteiger partial charge in [0, 0.05) is 45.2 Å². The molecule has 190 valence electrons. The number of piperazine rings is 1. The zero-order chi connectivity index (χ0) is 25.5. The molecule has 4 heterocycles. The van der Waals surface area contributed by atoms with Gasteiger partial charge >= 0.3 is 0 Å². The number of fused-ring (bicyclic) bond motifs is 1. The van der Waals surface area contributed by atoms with Gasteiger partial charge in [0.1, 0.15) is 6.07 Å². The van der Waals surface area contributed by atoms with Crippen molar-refractivity contribution < 1.29 is 4.74 Å². The second-order valence-corrected chi connectivity index (χ2v) is 10.3. The fourth-order valence-corrected chi connectivity index (χ4v) is 5.18. The third kappa shape index (κ3) is 4.86. The second-order valence-electron chi connectivity index (χ2n) is 9.88. The zero-order valence-electron chi connectivity index (χ0n) is 20.5. The minimum atomic E-state index is 0.257. The van der Waals surface area contributed by atoms with E-state index >= 15 is 0 Å². The summed E-state index contributed by atoms with van der Waals surface area (Å²) in [4.78, 5) is 13.6. The molecule has 2 saturated heterocycles. The van der Waals surface area contributed by atoms with E-state index in [4.69, 9.17) is 16.3 Å². The number of hydrogen-bond acceptors (Lipinski definition) is 10. The van der Waals surface area contributed by atoms with Crippen LogP contribution in [0, 0.1) is 22.7 Å². The highest BCUT2D eigenvalue weighted by atomic mass is 35.5. The monoisotopic (exact) mass is 518 g/mol. The highest BCUT2D eigenvalue weighted by Gasteiger charge is 2.30. The van der Waals surface area contributed by atoms with Gasteiger partial charge in [0.2, 0.25) is 5.95 Å². The van der Waals surface area contributed by atoms with Gasteiger partial charge in [-0.1, -0.05) is 11.6 Å². The third-order valence-electron chi connectivity index (χ3n) is 7.02. The van der Waals surface area contributed by atoms with Crippen LogP contribution in [-0.2, 0) is 4.74 Å². The van der Waals surface area contributed by atoms with Gasteiger partial charge in [-0.25, -0.2) is 4.98 Å². The van der Waals surface area contributed by atoms with Gasteiger partial charge in [0.05, 0.1) is 46.4 Å². The van der Waals surface area contributed by atoms with Crippen LogP contribution in [0.4, 0.5) is 23.1 Å². The molecular formula is C25H27ClN10O. The van der Waals surface area contributed by atoms with Crippen LogP contribution in [0.1, 0.15) is 37.4 Å². The summed E-state index contributed by atoms with van der Waals surface area (Å²) in [6.07, 6.45) is 5.41. The Balaban J connectivity index is 1.25. The largest absolute Gasteiger partial charge is 0.374 e. The van der Waals surface area contributed by atoms with Crippen LogP contribution in [0.25, 0.3) is 5.65 Å². The van der Waals surface area contributed by atoms with Crippen molar-refractivity contribution in [1.29, 1.82) is 10.5 Å². The summed E-state index contributed by atoms with van der Waals surface area (Å²) in [6.45, 7) is 6.46. The van der Waals surface area contributed by atoms with E-state index in [1.54, 1.807) is 6.07 Å².